The van der Waals surface area contributed by atoms with Crippen LogP contribution in [0.25, 0.3) is 10.9 Å². The third kappa shape index (κ3) is 4.39. The molecule has 1 amide bonds. The van der Waals surface area contributed by atoms with Crippen molar-refractivity contribution in [3.8, 4) is 11.5 Å². The lowest BCUT2D eigenvalue weighted by molar-refractivity contribution is -0.910. The van der Waals surface area contributed by atoms with Crippen LogP contribution in [-0.2, 0) is 11.2 Å². The number of para-hydroxylation sites is 1. The van der Waals surface area contributed by atoms with E-state index in [2.05, 4.69) is 40.6 Å². The van der Waals surface area contributed by atoms with E-state index in [1.165, 1.54) is 21.4 Å². The number of quaternary nitrogens is 1. The van der Waals surface area contributed by atoms with Crippen LogP contribution in [0.5, 0.6) is 11.5 Å². The summed E-state index contributed by atoms with van der Waals surface area (Å²) in [6.45, 7) is 3.58. The Morgan fingerprint density at radius 1 is 1.10 bits per heavy atom. The van der Waals surface area contributed by atoms with Crippen molar-refractivity contribution < 1.29 is 19.2 Å². The molecule has 0 aliphatic carbocycles. The topological polar surface area (TPSA) is 67.8 Å². The summed E-state index contributed by atoms with van der Waals surface area (Å²) < 4.78 is 11.6. The molecule has 0 spiro atoms. The minimum absolute atomic E-state index is 0.121. The second-order valence-electron chi connectivity index (χ2n) is 8.50. The lowest BCUT2D eigenvalue weighted by atomic mass is 10.0. The number of carbonyl (C=O) groups excluding carboxylic acids is 1. The maximum atomic E-state index is 12.7. The van der Waals surface area contributed by atoms with Gasteiger partial charge in [0.25, 0.3) is 5.91 Å². The van der Waals surface area contributed by atoms with Crippen LogP contribution in [0.15, 0.2) is 48.7 Å². The highest BCUT2D eigenvalue weighted by Crippen LogP contribution is 2.33. The summed E-state index contributed by atoms with van der Waals surface area (Å²) in [5.74, 6) is 1.79. The van der Waals surface area contributed by atoms with Gasteiger partial charge in [0.1, 0.15) is 6.04 Å². The van der Waals surface area contributed by atoms with E-state index in [-0.39, 0.29) is 5.91 Å². The molecule has 31 heavy (non-hydrogen) atoms. The molecule has 1 unspecified atom stereocenters. The van der Waals surface area contributed by atoms with Crippen molar-refractivity contribution in [2.24, 2.45) is 0 Å². The third-order valence-corrected chi connectivity index (χ3v) is 6.44. The van der Waals surface area contributed by atoms with Crippen molar-refractivity contribution in [1.29, 1.82) is 0 Å². The van der Waals surface area contributed by atoms with Crippen molar-refractivity contribution in [3.63, 3.8) is 0 Å². The van der Waals surface area contributed by atoms with Crippen LogP contribution < -0.4 is 19.7 Å². The number of carbonyl (C=O) groups is 1. The Morgan fingerprint density at radius 3 is 2.90 bits per heavy atom. The van der Waals surface area contributed by atoms with E-state index in [4.69, 9.17) is 9.47 Å². The van der Waals surface area contributed by atoms with Crippen molar-refractivity contribution in [2.45, 2.75) is 31.7 Å². The molecule has 3 heterocycles. The summed E-state index contributed by atoms with van der Waals surface area (Å²) in [4.78, 5) is 17.3. The van der Waals surface area contributed by atoms with E-state index < -0.39 is 0 Å². The SMILES string of the molecule is O=C(C[NH+]1CCC[C@H]1c1ccc2c(c1)OCCCO2)NCCc1c[nH]c2ccccc12. The number of aromatic amines is 1. The van der Waals surface area contributed by atoms with Crippen molar-refractivity contribution in [3.05, 3.63) is 59.8 Å². The fourth-order valence-corrected chi connectivity index (χ4v) is 4.87. The number of H-pyrrole nitrogens is 1. The maximum Gasteiger partial charge on any atom is 0.275 e. The summed E-state index contributed by atoms with van der Waals surface area (Å²) >= 11 is 0. The van der Waals surface area contributed by atoms with Gasteiger partial charge in [0.05, 0.1) is 19.8 Å². The molecule has 6 heteroatoms. The molecular weight excluding hydrogens is 390 g/mol. The Kier molecular flexibility index (Phi) is 5.80. The summed E-state index contributed by atoms with van der Waals surface area (Å²) in [6, 6.07) is 14.9. The highest BCUT2D eigenvalue weighted by atomic mass is 16.5. The van der Waals surface area contributed by atoms with Gasteiger partial charge in [-0.1, -0.05) is 18.2 Å². The number of hydrogen-bond donors (Lipinski definition) is 3. The molecule has 0 bridgehead atoms. The highest BCUT2D eigenvalue weighted by Gasteiger charge is 2.32. The van der Waals surface area contributed by atoms with Crippen LogP contribution in [0.2, 0.25) is 0 Å². The Bertz CT molecular complexity index is 1060. The van der Waals surface area contributed by atoms with Crippen molar-refractivity contribution in [2.75, 3.05) is 32.8 Å². The third-order valence-electron chi connectivity index (χ3n) is 6.44. The van der Waals surface area contributed by atoms with Gasteiger partial charge in [0.15, 0.2) is 18.0 Å². The number of nitrogens with one attached hydrogen (secondary N) is 3. The first kappa shape index (κ1) is 19.9. The number of benzene rings is 2. The maximum absolute atomic E-state index is 12.7. The van der Waals surface area contributed by atoms with E-state index in [9.17, 15) is 4.79 Å². The predicted molar refractivity (Wildman–Crippen MR) is 120 cm³/mol. The second-order valence-corrected chi connectivity index (χ2v) is 8.50. The number of rotatable bonds is 6. The van der Waals surface area contributed by atoms with Gasteiger partial charge in [-0.2, -0.15) is 0 Å². The molecule has 2 aliphatic rings. The number of ether oxygens (including phenoxy) is 2. The zero-order valence-electron chi connectivity index (χ0n) is 17.8. The van der Waals surface area contributed by atoms with Gasteiger partial charge >= 0.3 is 0 Å². The Labute approximate surface area is 182 Å². The zero-order valence-corrected chi connectivity index (χ0v) is 17.8. The summed E-state index contributed by atoms with van der Waals surface area (Å²) in [5.41, 5.74) is 3.63. The molecule has 5 rings (SSSR count). The average Bonchev–Trinajstić information content (AvgIpc) is 3.34. The monoisotopic (exact) mass is 420 g/mol. The number of fused-ring (bicyclic) bond motifs is 2. The fraction of sp³-hybridized carbons (Fsp3) is 0.400. The number of hydrogen-bond acceptors (Lipinski definition) is 3. The summed E-state index contributed by atoms with van der Waals surface area (Å²) in [7, 11) is 0. The summed E-state index contributed by atoms with van der Waals surface area (Å²) in [6.07, 6.45) is 6.01. The lowest BCUT2D eigenvalue weighted by Crippen LogP contribution is -3.11. The van der Waals surface area contributed by atoms with Crippen LogP contribution in [0.3, 0.4) is 0 Å². The van der Waals surface area contributed by atoms with E-state index in [0.717, 1.165) is 49.2 Å². The number of amides is 1. The normalized spacial score (nSPS) is 20.5. The zero-order chi connectivity index (χ0) is 21.0. The quantitative estimate of drug-likeness (QED) is 0.574. The molecular formula is C25H30N3O3+. The molecule has 2 aromatic carbocycles. The molecule has 1 fully saturated rings. The van der Waals surface area contributed by atoms with Gasteiger partial charge in [-0.05, 0) is 36.2 Å². The molecule has 162 valence electrons. The Morgan fingerprint density at radius 2 is 1.97 bits per heavy atom. The second kappa shape index (κ2) is 9.02. The molecule has 2 aliphatic heterocycles. The molecule has 3 N–H and O–H groups in total. The first-order valence-electron chi connectivity index (χ1n) is 11.3. The molecule has 3 aromatic rings. The summed E-state index contributed by atoms with van der Waals surface area (Å²) in [5, 5.41) is 4.36. The predicted octanol–water partition coefficient (Wildman–Crippen LogP) is 2.41. The van der Waals surface area contributed by atoms with Crippen molar-refractivity contribution in [1.82, 2.24) is 10.3 Å². The van der Waals surface area contributed by atoms with Crippen LogP contribution in [0, 0.1) is 0 Å². The van der Waals surface area contributed by atoms with Crippen molar-refractivity contribution >= 4 is 16.8 Å². The van der Waals surface area contributed by atoms with Crippen LogP contribution >= 0.6 is 0 Å². The number of likely N-dealkylation sites (tertiary alicyclic amines) is 1. The van der Waals surface area contributed by atoms with Gasteiger partial charge < -0.3 is 24.7 Å². The van der Waals surface area contributed by atoms with E-state index in [1.807, 2.05) is 18.3 Å². The molecule has 6 nitrogen and oxygen atoms in total. The minimum atomic E-state index is 0.121. The molecule has 2 atom stereocenters. The Hall–Kier alpha value is -2.99. The van der Waals surface area contributed by atoms with E-state index >= 15 is 0 Å². The highest BCUT2D eigenvalue weighted by molar-refractivity contribution is 5.83. The smallest absolute Gasteiger partial charge is 0.275 e. The van der Waals surface area contributed by atoms with Crippen LogP contribution in [0.4, 0.5) is 0 Å². The largest absolute Gasteiger partial charge is 0.490 e. The van der Waals surface area contributed by atoms with Crippen LogP contribution in [-0.4, -0.2) is 43.7 Å². The van der Waals surface area contributed by atoms with Gasteiger partial charge in [0, 0.05) is 48.5 Å². The molecule has 0 radical (unpaired) electrons. The first-order chi connectivity index (χ1) is 15.3. The fourth-order valence-electron chi connectivity index (χ4n) is 4.87. The molecule has 1 aromatic heterocycles. The molecule has 0 saturated carbocycles. The standard InChI is InChI=1S/C25H29N3O3/c29-25(26-11-10-19-16-27-21-6-2-1-5-20(19)21)17-28-12-3-7-22(28)18-8-9-23-24(15-18)31-14-4-13-30-23/h1-2,5-6,8-9,15-16,22,27H,3-4,7,10-14,17H2,(H,26,29)/p+1/t22-/m0/s1. The van der Waals surface area contributed by atoms with Gasteiger partial charge in [0.2, 0.25) is 0 Å². The van der Waals surface area contributed by atoms with Gasteiger partial charge in [-0.3, -0.25) is 4.79 Å². The lowest BCUT2D eigenvalue weighted by Gasteiger charge is -2.22. The first-order valence-corrected chi connectivity index (χ1v) is 11.3. The van der Waals surface area contributed by atoms with E-state index in [1.54, 1.807) is 0 Å². The average molecular weight is 421 g/mol. The van der Waals surface area contributed by atoms with Gasteiger partial charge in [-0.25, -0.2) is 0 Å². The van der Waals surface area contributed by atoms with E-state index in [0.29, 0.717) is 32.3 Å². The number of aromatic nitrogens is 1. The minimum Gasteiger partial charge on any atom is -0.490 e. The van der Waals surface area contributed by atoms with Crippen LogP contribution in [0.1, 0.15) is 36.4 Å². The molecule has 1 saturated heterocycles. The Balaban J connectivity index is 1.17. The van der Waals surface area contributed by atoms with Gasteiger partial charge in [-0.15, -0.1) is 0 Å².